The highest BCUT2D eigenvalue weighted by molar-refractivity contribution is 6.08. The molecule has 0 aliphatic carbocycles. The number of halogens is 1. The topological polar surface area (TPSA) is 154 Å². The van der Waals surface area contributed by atoms with Crippen LogP contribution in [0.15, 0.2) is 55.3 Å². The highest BCUT2D eigenvalue weighted by Crippen LogP contribution is 2.56. The lowest BCUT2D eigenvalue weighted by Gasteiger charge is -2.48. The van der Waals surface area contributed by atoms with Crippen molar-refractivity contribution in [3.05, 3.63) is 60.8 Å². The number of fused-ring (bicyclic) bond motifs is 1. The molecule has 61 heavy (non-hydrogen) atoms. The van der Waals surface area contributed by atoms with E-state index in [9.17, 15) is 19.5 Å². The fourth-order valence-corrected chi connectivity index (χ4v) is 10.8. The molecule has 0 radical (unpaired) electrons. The molecule has 4 aliphatic rings. The number of likely N-dealkylation sites (N-methyl/N-ethyl adjacent to an activating group) is 1. The summed E-state index contributed by atoms with van der Waals surface area (Å²) in [5.41, 5.74) is -5.91. The second-order valence-electron chi connectivity index (χ2n) is 18.7. The lowest BCUT2D eigenvalue weighted by atomic mass is 9.62. The Hall–Kier alpha value is -3.92. The van der Waals surface area contributed by atoms with Crippen molar-refractivity contribution >= 4 is 40.5 Å². The Kier molecular flexibility index (Phi) is 13.5. The zero-order valence-electron chi connectivity index (χ0n) is 37.3. The Morgan fingerprint density at radius 3 is 2.46 bits per heavy atom. The van der Waals surface area contributed by atoms with E-state index in [2.05, 4.69) is 11.6 Å². The maximum absolute atomic E-state index is 17.2. The number of carbonyl (C=O) groups excluding carboxylic acids is 4. The number of nitrogens with zero attached hydrogens (tertiary/aromatic N) is 3. The first-order valence-electron chi connectivity index (χ1n) is 21.5. The second-order valence-corrected chi connectivity index (χ2v) is 18.7. The van der Waals surface area contributed by atoms with Gasteiger partial charge in [-0.25, -0.2) is 9.18 Å². The molecule has 3 unspecified atom stereocenters. The average molecular weight is 850 g/mol. The molecule has 14 heteroatoms. The van der Waals surface area contributed by atoms with Crippen LogP contribution in [0.4, 0.5) is 4.39 Å². The third-order valence-corrected chi connectivity index (χ3v) is 13.8. The first-order chi connectivity index (χ1) is 28.6. The fraction of sp³-hybridized carbons (Fsp3) is 0.638. The number of ether oxygens (including phenoxy) is 5. The number of carbonyl (C=O) groups is 4. The molecular weight excluding hydrogens is 786 g/mol. The van der Waals surface area contributed by atoms with E-state index in [1.165, 1.54) is 6.92 Å². The first-order valence-corrected chi connectivity index (χ1v) is 21.5. The lowest BCUT2D eigenvalue weighted by Crippen LogP contribution is -2.61. The maximum Gasteiger partial charge on any atom is 0.351 e. The van der Waals surface area contributed by atoms with E-state index in [1.807, 2.05) is 67.2 Å². The number of ketones is 2. The third kappa shape index (κ3) is 8.60. The number of rotatable bonds is 10. The van der Waals surface area contributed by atoms with E-state index in [0.29, 0.717) is 6.42 Å². The summed E-state index contributed by atoms with van der Waals surface area (Å²) in [5.74, 6) is -6.44. The van der Waals surface area contributed by atoms with Crippen LogP contribution >= 0.6 is 0 Å². The number of aromatic nitrogens is 1. The van der Waals surface area contributed by atoms with Crippen molar-refractivity contribution in [1.82, 2.24) is 14.8 Å². The van der Waals surface area contributed by atoms with E-state index in [0.717, 1.165) is 23.4 Å². The van der Waals surface area contributed by atoms with E-state index in [4.69, 9.17) is 23.7 Å². The van der Waals surface area contributed by atoms with Crippen LogP contribution in [0.3, 0.4) is 0 Å². The summed E-state index contributed by atoms with van der Waals surface area (Å²) in [7, 11) is 3.66. The summed E-state index contributed by atoms with van der Waals surface area (Å²) >= 11 is 0. The number of esters is 2. The summed E-state index contributed by atoms with van der Waals surface area (Å²) in [6.07, 6.45) is 2.11. The normalized spacial score (nSPS) is 40.3. The van der Waals surface area contributed by atoms with Gasteiger partial charge < -0.3 is 33.7 Å². The molecule has 13 nitrogen and oxygen atoms in total. The molecule has 4 aliphatic heterocycles. The average Bonchev–Trinajstić information content (AvgIpc) is 3.68. The minimum atomic E-state index is -3.21. The largest absolute Gasteiger partial charge is 0.455 e. The zero-order valence-corrected chi connectivity index (χ0v) is 37.3. The van der Waals surface area contributed by atoms with Gasteiger partial charge in [-0.3, -0.25) is 24.3 Å². The smallest absolute Gasteiger partial charge is 0.351 e. The van der Waals surface area contributed by atoms with E-state index in [1.54, 1.807) is 53.0 Å². The molecule has 0 bridgehead atoms. The quantitative estimate of drug-likeness (QED) is 0.182. The molecule has 4 fully saturated rings. The molecule has 334 valence electrons. The van der Waals surface area contributed by atoms with Crippen molar-refractivity contribution < 1.29 is 52.4 Å². The van der Waals surface area contributed by atoms with Gasteiger partial charge in [-0.15, -0.1) is 6.58 Å². The number of cyclic esters (lactones) is 1. The maximum atomic E-state index is 17.2. The number of hydrogen-bond donors (Lipinski definition) is 1. The summed E-state index contributed by atoms with van der Waals surface area (Å²) < 4.78 is 48.9. The Labute approximate surface area is 358 Å². The van der Waals surface area contributed by atoms with E-state index < -0.39 is 94.4 Å². The van der Waals surface area contributed by atoms with Gasteiger partial charge in [0, 0.05) is 53.9 Å². The van der Waals surface area contributed by atoms with Crippen LogP contribution in [0.5, 0.6) is 0 Å². The lowest BCUT2D eigenvalue weighted by molar-refractivity contribution is -0.297. The van der Waals surface area contributed by atoms with Crippen molar-refractivity contribution in [2.75, 3.05) is 33.8 Å². The molecule has 0 amide bonds. The summed E-state index contributed by atoms with van der Waals surface area (Å²) in [6.45, 7) is 17.1. The monoisotopic (exact) mass is 849 g/mol. The predicted octanol–water partition coefficient (Wildman–Crippen LogP) is 5.51. The number of aliphatic hydroxyl groups is 1. The zero-order chi connectivity index (χ0) is 44.8. The van der Waals surface area contributed by atoms with Gasteiger partial charge in [-0.05, 0) is 78.7 Å². The summed E-state index contributed by atoms with van der Waals surface area (Å²) in [6, 6.07) is 8.44. The van der Waals surface area contributed by atoms with Crippen molar-refractivity contribution in [3.63, 3.8) is 0 Å². The third-order valence-electron chi connectivity index (χ3n) is 13.8. The van der Waals surface area contributed by atoms with Crippen LogP contribution in [0.1, 0.15) is 80.2 Å². The number of aliphatic hydroxyl groups excluding tert-OH is 1. The second kappa shape index (κ2) is 17.7. The van der Waals surface area contributed by atoms with Crippen LogP contribution in [0.2, 0.25) is 0 Å². The fourth-order valence-electron chi connectivity index (χ4n) is 10.8. The number of hydrogen-bond acceptors (Lipinski definition) is 13. The van der Waals surface area contributed by atoms with Crippen molar-refractivity contribution in [3.8, 4) is 0 Å². The van der Waals surface area contributed by atoms with Crippen molar-refractivity contribution in [1.29, 1.82) is 0 Å². The minimum absolute atomic E-state index is 0.0421. The molecule has 1 aromatic carbocycles. The van der Waals surface area contributed by atoms with E-state index >= 15 is 9.18 Å². The molecule has 0 saturated carbocycles. The standard InChI is InChI=1S/C47H64FN3O10/c1-12-20-51-26-44(6)37-35(51)41(55)61-47(37,9)34(13-2)59-43(56)46(8,48)39(54)29(5)40(60-42-36(52)33(50(10)11)22-28(4)58-42)45(7,24-27(3)38(44)53)57-21-16-17-30-23-31-18-14-15-19-32(31)49-25-30/h12,14-19,23,25,27-29,33-37,40,42,52H,1,13,20-22,24,26H2,2-11H3/b17-16+/t27-,28-,29+,33+,34+,35?,36-,37?,40-,42+,44?,45+,46+,47-/m1/s1. The predicted molar refractivity (Wildman–Crippen MR) is 227 cm³/mol. The molecule has 14 atom stereocenters. The van der Waals surface area contributed by atoms with Gasteiger partial charge in [0.25, 0.3) is 5.67 Å². The minimum Gasteiger partial charge on any atom is -0.455 e. The van der Waals surface area contributed by atoms with Gasteiger partial charge in [0.05, 0.1) is 29.9 Å². The Morgan fingerprint density at radius 2 is 1.79 bits per heavy atom. The van der Waals surface area contributed by atoms with Gasteiger partial charge in [0.1, 0.15) is 24.0 Å². The number of para-hydroxylation sites is 1. The van der Waals surface area contributed by atoms with E-state index in [-0.39, 0.29) is 44.4 Å². The van der Waals surface area contributed by atoms with Crippen LogP contribution in [0.25, 0.3) is 17.0 Å². The number of benzene rings is 1. The Bertz CT molecular complexity index is 2030. The van der Waals surface area contributed by atoms with Gasteiger partial charge in [-0.2, -0.15) is 0 Å². The van der Waals surface area contributed by atoms with Gasteiger partial charge in [0.15, 0.2) is 17.7 Å². The summed E-state index contributed by atoms with van der Waals surface area (Å²) in [4.78, 5) is 66.1. The van der Waals surface area contributed by atoms with Gasteiger partial charge in [0.2, 0.25) is 0 Å². The SMILES string of the molecule is C=CCN1CC2(C)C(=O)[C@H](C)C[C@](C)(OC/C=C/c3cnc4ccccc4c3)[C@H](O[C@@H]3O[C@H](C)C[C@H](N(C)C)[C@H]3O)[C@@H](C)C(=O)[C@](C)(F)C(=O)O[C@@H](CC)[C@@]3(C)OC(=O)C1C23. The van der Waals surface area contributed by atoms with Crippen molar-refractivity contribution in [2.45, 2.75) is 134 Å². The molecule has 0 spiro atoms. The Balaban J connectivity index is 1.47. The van der Waals surface area contributed by atoms with Crippen LogP contribution in [-0.4, -0.2) is 137 Å². The van der Waals surface area contributed by atoms with Crippen LogP contribution in [-0.2, 0) is 42.9 Å². The van der Waals surface area contributed by atoms with Crippen LogP contribution in [0, 0.1) is 23.2 Å². The number of alkyl halides is 1. The Morgan fingerprint density at radius 1 is 1.08 bits per heavy atom. The molecule has 2 aromatic rings. The molecule has 6 rings (SSSR count). The molecule has 4 saturated heterocycles. The van der Waals surface area contributed by atoms with Crippen LogP contribution < -0.4 is 0 Å². The molecular formula is C47H64FN3O10. The number of pyridine rings is 1. The number of Topliss-reactive ketones (excluding diaryl/α,β-unsaturated/α-hetero) is 2. The highest BCUT2D eigenvalue weighted by atomic mass is 19.1. The van der Waals surface area contributed by atoms with Crippen molar-refractivity contribution in [2.24, 2.45) is 23.2 Å². The summed E-state index contributed by atoms with van der Waals surface area (Å²) in [5, 5.41) is 12.6. The van der Waals surface area contributed by atoms with Gasteiger partial charge >= 0.3 is 11.9 Å². The van der Waals surface area contributed by atoms with Gasteiger partial charge in [-0.1, -0.05) is 64.1 Å². The number of likely N-dealkylation sites (tertiary alicyclic amines) is 1. The highest BCUT2D eigenvalue weighted by Gasteiger charge is 2.71. The molecule has 5 heterocycles. The molecule has 1 N–H and O–H groups in total. The first kappa shape index (κ1) is 46.6. The molecule has 1 aromatic heterocycles.